The third-order valence-electron chi connectivity index (χ3n) is 6.46. The van der Waals surface area contributed by atoms with Gasteiger partial charge in [-0.15, -0.1) is 11.3 Å². The average molecular weight is 419 g/mol. The minimum atomic E-state index is -0.129. The first-order valence-corrected chi connectivity index (χ1v) is 11.7. The van der Waals surface area contributed by atoms with E-state index in [1.54, 1.807) is 11.3 Å². The molecular weight excluding hydrogens is 388 g/mol. The molecule has 0 radical (unpaired) electrons. The Kier molecular flexibility index (Phi) is 6.23. The maximum atomic E-state index is 13.1. The lowest BCUT2D eigenvalue weighted by Gasteiger charge is -2.34. The van der Waals surface area contributed by atoms with Crippen LogP contribution in [0.2, 0.25) is 0 Å². The second kappa shape index (κ2) is 8.86. The van der Waals surface area contributed by atoms with Gasteiger partial charge in [0.2, 0.25) is 5.91 Å². The highest BCUT2D eigenvalue weighted by Crippen LogP contribution is 2.34. The number of aryl methyl sites for hydroxylation is 1. The number of esters is 1. The van der Waals surface area contributed by atoms with Crippen molar-refractivity contribution in [2.75, 3.05) is 32.8 Å². The van der Waals surface area contributed by atoms with E-state index in [-0.39, 0.29) is 29.6 Å². The van der Waals surface area contributed by atoms with Crippen molar-refractivity contribution in [2.45, 2.75) is 51.9 Å². The van der Waals surface area contributed by atoms with Crippen LogP contribution in [0.15, 0.2) is 6.07 Å². The number of piperidine rings is 1. The van der Waals surface area contributed by atoms with E-state index < -0.39 is 0 Å². The van der Waals surface area contributed by atoms with Gasteiger partial charge in [0.25, 0.3) is 5.91 Å². The Bertz CT molecular complexity index is 776. The van der Waals surface area contributed by atoms with Crippen molar-refractivity contribution in [3.8, 4) is 0 Å². The average Bonchev–Trinajstić information content (AvgIpc) is 3.42. The summed E-state index contributed by atoms with van der Waals surface area (Å²) < 4.78 is 5.12. The second-order valence-electron chi connectivity index (χ2n) is 8.35. The number of fused-ring (bicyclic) bond motifs is 1. The zero-order valence-corrected chi connectivity index (χ0v) is 18.0. The first-order chi connectivity index (χ1) is 14.1. The molecule has 3 aliphatic rings. The number of amides is 2. The first kappa shape index (κ1) is 20.4. The molecule has 2 fully saturated rings. The fourth-order valence-corrected chi connectivity index (χ4v) is 5.95. The molecule has 0 spiro atoms. The number of hydrogen-bond donors (Lipinski definition) is 0. The zero-order valence-electron chi connectivity index (χ0n) is 17.2. The quantitative estimate of drug-likeness (QED) is 0.705. The van der Waals surface area contributed by atoms with Gasteiger partial charge in [-0.05, 0) is 63.5 Å². The Balaban J connectivity index is 1.34. The molecule has 4 rings (SSSR count). The molecule has 0 saturated carbocycles. The van der Waals surface area contributed by atoms with E-state index in [0.29, 0.717) is 32.5 Å². The number of nitrogens with zero attached hydrogens (tertiary/aromatic N) is 2. The molecule has 7 heteroatoms. The lowest BCUT2D eigenvalue weighted by Crippen LogP contribution is -2.44. The molecule has 29 heavy (non-hydrogen) atoms. The van der Waals surface area contributed by atoms with E-state index in [1.165, 1.54) is 10.4 Å². The molecule has 0 bridgehead atoms. The monoisotopic (exact) mass is 418 g/mol. The van der Waals surface area contributed by atoms with Crippen LogP contribution >= 0.6 is 11.3 Å². The van der Waals surface area contributed by atoms with Gasteiger partial charge in [-0.2, -0.15) is 0 Å². The second-order valence-corrected chi connectivity index (χ2v) is 9.49. The van der Waals surface area contributed by atoms with Gasteiger partial charge in [0, 0.05) is 37.0 Å². The van der Waals surface area contributed by atoms with Crippen LogP contribution < -0.4 is 0 Å². The molecule has 158 valence electrons. The van der Waals surface area contributed by atoms with Gasteiger partial charge in [-0.25, -0.2) is 0 Å². The van der Waals surface area contributed by atoms with Crippen LogP contribution in [0.4, 0.5) is 0 Å². The predicted octanol–water partition coefficient (Wildman–Crippen LogP) is 2.89. The van der Waals surface area contributed by atoms with Crippen LogP contribution in [0.25, 0.3) is 0 Å². The molecule has 0 aromatic carbocycles. The van der Waals surface area contributed by atoms with Crippen LogP contribution in [-0.4, -0.2) is 60.4 Å². The summed E-state index contributed by atoms with van der Waals surface area (Å²) in [5.74, 6) is 0.150. The number of rotatable bonds is 4. The van der Waals surface area contributed by atoms with Crippen molar-refractivity contribution in [2.24, 2.45) is 11.8 Å². The molecule has 2 amide bonds. The summed E-state index contributed by atoms with van der Waals surface area (Å²) in [6.07, 6.45) is 6.03. The summed E-state index contributed by atoms with van der Waals surface area (Å²) in [7, 11) is 0. The van der Waals surface area contributed by atoms with Crippen LogP contribution in [0.5, 0.6) is 0 Å². The fraction of sp³-hybridized carbons (Fsp3) is 0.682. The highest BCUT2D eigenvalue weighted by Gasteiger charge is 2.34. The van der Waals surface area contributed by atoms with Crippen molar-refractivity contribution < 1.29 is 19.1 Å². The smallest absolute Gasteiger partial charge is 0.309 e. The highest BCUT2D eigenvalue weighted by molar-refractivity contribution is 7.14. The summed E-state index contributed by atoms with van der Waals surface area (Å²) in [6.45, 7) is 5.23. The van der Waals surface area contributed by atoms with Crippen LogP contribution in [-0.2, 0) is 27.2 Å². The third kappa shape index (κ3) is 4.34. The molecule has 3 heterocycles. The topological polar surface area (TPSA) is 66.9 Å². The summed E-state index contributed by atoms with van der Waals surface area (Å²) in [5, 5.41) is 0. The van der Waals surface area contributed by atoms with Gasteiger partial charge < -0.3 is 14.5 Å². The molecule has 2 saturated heterocycles. The molecule has 0 unspecified atom stereocenters. The minimum Gasteiger partial charge on any atom is -0.466 e. The normalized spacial score (nSPS) is 22.4. The summed E-state index contributed by atoms with van der Waals surface area (Å²) >= 11 is 1.62. The predicted molar refractivity (Wildman–Crippen MR) is 111 cm³/mol. The summed E-state index contributed by atoms with van der Waals surface area (Å²) in [5.41, 5.74) is 1.18. The standard InChI is InChI=1S/C22H30N2O4S/c1-2-28-22(27)15-7-11-24(12-8-15)20(25)16-5-6-18-17(13-16)14-19(29-18)21(26)23-9-3-4-10-23/h14-16H,2-13H2,1H3/t16-/m1/s1. The maximum absolute atomic E-state index is 13.1. The van der Waals surface area contributed by atoms with Crippen molar-refractivity contribution >= 4 is 29.1 Å². The Labute approximate surface area is 176 Å². The van der Waals surface area contributed by atoms with E-state index in [1.807, 2.05) is 22.8 Å². The summed E-state index contributed by atoms with van der Waals surface area (Å²) in [6, 6.07) is 2.03. The van der Waals surface area contributed by atoms with Crippen LogP contribution in [0, 0.1) is 11.8 Å². The Morgan fingerprint density at radius 1 is 1.03 bits per heavy atom. The number of thiophene rings is 1. The third-order valence-corrected chi connectivity index (χ3v) is 7.69. The number of carbonyl (C=O) groups excluding carboxylic acids is 3. The first-order valence-electron chi connectivity index (χ1n) is 10.9. The molecule has 1 aromatic heterocycles. The largest absolute Gasteiger partial charge is 0.466 e. The van der Waals surface area contributed by atoms with Crippen molar-refractivity contribution in [1.82, 2.24) is 9.80 Å². The Morgan fingerprint density at radius 2 is 1.76 bits per heavy atom. The van der Waals surface area contributed by atoms with Crippen molar-refractivity contribution in [3.63, 3.8) is 0 Å². The van der Waals surface area contributed by atoms with Gasteiger partial charge in [0.15, 0.2) is 0 Å². The van der Waals surface area contributed by atoms with E-state index in [2.05, 4.69) is 0 Å². The maximum Gasteiger partial charge on any atom is 0.309 e. The van der Waals surface area contributed by atoms with Gasteiger partial charge in [-0.1, -0.05) is 0 Å². The molecule has 1 aromatic rings. The SMILES string of the molecule is CCOC(=O)C1CCN(C(=O)[C@@H]2CCc3sc(C(=O)N4CCCC4)cc3C2)CC1. The molecule has 1 aliphatic carbocycles. The van der Waals surface area contributed by atoms with Crippen LogP contribution in [0.1, 0.15) is 59.1 Å². The molecule has 1 atom stereocenters. The van der Waals surface area contributed by atoms with E-state index >= 15 is 0 Å². The Morgan fingerprint density at radius 3 is 2.45 bits per heavy atom. The lowest BCUT2D eigenvalue weighted by atomic mass is 9.86. The minimum absolute atomic E-state index is 0.00835. The molecule has 0 N–H and O–H groups in total. The molecule has 2 aliphatic heterocycles. The van der Waals surface area contributed by atoms with E-state index in [0.717, 1.165) is 50.1 Å². The van der Waals surface area contributed by atoms with Gasteiger partial charge in [0.1, 0.15) is 0 Å². The molecule has 6 nitrogen and oxygen atoms in total. The highest BCUT2D eigenvalue weighted by atomic mass is 32.1. The van der Waals surface area contributed by atoms with Crippen LogP contribution in [0.3, 0.4) is 0 Å². The van der Waals surface area contributed by atoms with Crippen molar-refractivity contribution in [1.29, 1.82) is 0 Å². The van der Waals surface area contributed by atoms with Gasteiger partial charge in [0.05, 0.1) is 17.4 Å². The zero-order chi connectivity index (χ0) is 20.4. The number of ether oxygens (including phenoxy) is 1. The van der Waals surface area contributed by atoms with Gasteiger partial charge in [-0.3, -0.25) is 14.4 Å². The lowest BCUT2D eigenvalue weighted by molar-refractivity contribution is -0.151. The summed E-state index contributed by atoms with van der Waals surface area (Å²) in [4.78, 5) is 43.6. The van der Waals surface area contributed by atoms with E-state index in [9.17, 15) is 14.4 Å². The van der Waals surface area contributed by atoms with Gasteiger partial charge >= 0.3 is 5.97 Å². The fourth-order valence-electron chi connectivity index (χ4n) is 4.77. The number of carbonyl (C=O) groups is 3. The number of hydrogen-bond acceptors (Lipinski definition) is 5. The van der Waals surface area contributed by atoms with E-state index in [4.69, 9.17) is 4.74 Å². The molecular formula is C22H30N2O4S. The number of likely N-dealkylation sites (tertiary alicyclic amines) is 2. The Hall–Kier alpha value is -1.89. The van der Waals surface area contributed by atoms with Crippen molar-refractivity contribution in [3.05, 3.63) is 21.4 Å².